The number of anilines is 1. The molecule has 0 spiro atoms. The van der Waals surface area contributed by atoms with Gasteiger partial charge in [-0.2, -0.15) is 0 Å². The largest absolute Gasteiger partial charge is 0.465 e. The fourth-order valence-electron chi connectivity index (χ4n) is 2.78. The Morgan fingerprint density at radius 2 is 1.89 bits per heavy atom. The van der Waals surface area contributed by atoms with Crippen molar-refractivity contribution in [2.45, 2.75) is 12.3 Å². The lowest BCUT2D eigenvalue weighted by Crippen LogP contribution is -2.34. The summed E-state index contributed by atoms with van der Waals surface area (Å²) >= 11 is 1.25. The van der Waals surface area contributed by atoms with E-state index in [0.717, 1.165) is 5.56 Å². The first-order valence-corrected chi connectivity index (χ1v) is 9.53. The molecule has 28 heavy (non-hydrogen) atoms. The molecule has 0 bridgehead atoms. The van der Waals surface area contributed by atoms with Gasteiger partial charge in [0.25, 0.3) is 5.69 Å². The number of nitro groups is 1. The van der Waals surface area contributed by atoms with Gasteiger partial charge in [0, 0.05) is 17.8 Å². The first-order chi connectivity index (χ1) is 13.5. The van der Waals surface area contributed by atoms with Gasteiger partial charge in [-0.25, -0.2) is 0 Å². The van der Waals surface area contributed by atoms with E-state index in [0.29, 0.717) is 10.6 Å². The van der Waals surface area contributed by atoms with Crippen LogP contribution in [0.2, 0.25) is 0 Å². The lowest BCUT2D eigenvalue weighted by molar-refractivity contribution is -0.384. The highest BCUT2D eigenvalue weighted by Gasteiger charge is 2.45. The van der Waals surface area contributed by atoms with Gasteiger partial charge in [-0.05, 0) is 30.7 Å². The fourth-order valence-corrected chi connectivity index (χ4v) is 4.07. The molecule has 0 aliphatic carbocycles. The highest BCUT2D eigenvalue weighted by Crippen LogP contribution is 2.41. The van der Waals surface area contributed by atoms with Crippen LogP contribution in [0.3, 0.4) is 0 Å². The van der Waals surface area contributed by atoms with Gasteiger partial charge in [0.05, 0.1) is 21.8 Å². The topological polar surface area (TPSA) is 98.5 Å². The van der Waals surface area contributed by atoms with E-state index in [9.17, 15) is 19.7 Å². The Morgan fingerprint density at radius 3 is 2.50 bits per heavy atom. The second-order valence-electron chi connectivity index (χ2n) is 6.00. The molecule has 1 fully saturated rings. The van der Waals surface area contributed by atoms with E-state index in [1.165, 1.54) is 23.9 Å². The van der Waals surface area contributed by atoms with Crippen LogP contribution in [0.25, 0.3) is 6.08 Å². The zero-order valence-corrected chi connectivity index (χ0v) is 15.8. The first kappa shape index (κ1) is 19.6. The number of nitrogens with one attached hydrogen (secondary N) is 1. The fraction of sp³-hybridized carbons (Fsp3) is 0.200. The Balaban J connectivity index is 1.86. The molecular weight excluding hydrogens is 380 g/mol. The van der Waals surface area contributed by atoms with Crippen LogP contribution in [0.1, 0.15) is 12.5 Å². The van der Waals surface area contributed by atoms with Crippen molar-refractivity contribution in [2.75, 3.05) is 11.9 Å². The van der Waals surface area contributed by atoms with Crippen LogP contribution in [-0.4, -0.2) is 28.7 Å². The van der Waals surface area contributed by atoms with Crippen molar-refractivity contribution in [3.8, 4) is 0 Å². The van der Waals surface area contributed by atoms with Crippen LogP contribution in [0.15, 0.2) is 59.5 Å². The highest BCUT2D eigenvalue weighted by atomic mass is 32.2. The maximum absolute atomic E-state index is 12.9. The maximum Gasteiger partial charge on any atom is 0.319 e. The van der Waals surface area contributed by atoms with Crippen molar-refractivity contribution in [3.05, 3.63) is 75.2 Å². The zero-order chi connectivity index (χ0) is 20.1. The molecule has 144 valence electrons. The standard InChI is InChI=1S/C20H18N2O5S/c1-2-27-20(24)17-18(23)16(12-13-6-4-3-5-7-13)28-19(17)21-14-8-10-15(11-9-14)22(25)26/h3-12,17,19,21H,2H2,1H3. The van der Waals surface area contributed by atoms with Crippen molar-refractivity contribution in [3.63, 3.8) is 0 Å². The van der Waals surface area contributed by atoms with Crippen molar-refractivity contribution < 1.29 is 19.2 Å². The number of esters is 1. The van der Waals surface area contributed by atoms with Gasteiger partial charge in [0.2, 0.25) is 0 Å². The third-order valence-corrected chi connectivity index (χ3v) is 5.32. The lowest BCUT2D eigenvalue weighted by atomic mass is 10.0. The SMILES string of the molecule is CCOC(=O)C1C(=O)C(=Cc2ccccc2)SC1Nc1ccc([N+](=O)[O-])cc1. The van der Waals surface area contributed by atoms with E-state index in [1.54, 1.807) is 25.1 Å². The Kier molecular flexibility index (Phi) is 6.10. The number of allylic oxidation sites excluding steroid dienone is 1. The Hall–Kier alpha value is -3.13. The molecule has 8 heteroatoms. The Bertz CT molecular complexity index is 912. The lowest BCUT2D eigenvalue weighted by Gasteiger charge is -2.18. The molecule has 1 aliphatic rings. The van der Waals surface area contributed by atoms with Gasteiger partial charge >= 0.3 is 5.97 Å². The van der Waals surface area contributed by atoms with Crippen molar-refractivity contribution >= 4 is 41.0 Å². The number of rotatable bonds is 6. The Labute approximate surface area is 165 Å². The molecule has 7 nitrogen and oxygen atoms in total. The molecule has 2 atom stereocenters. The summed E-state index contributed by atoms with van der Waals surface area (Å²) in [5.74, 6) is -1.88. The van der Waals surface area contributed by atoms with Crippen molar-refractivity contribution in [2.24, 2.45) is 5.92 Å². The number of ether oxygens (including phenoxy) is 1. The normalized spacial score (nSPS) is 20.2. The minimum absolute atomic E-state index is 0.0349. The van der Waals surface area contributed by atoms with Crippen LogP contribution in [0.5, 0.6) is 0 Å². The summed E-state index contributed by atoms with van der Waals surface area (Å²) in [6.45, 7) is 1.86. The molecule has 1 heterocycles. The molecular formula is C20H18N2O5S. The number of nitro benzene ring substituents is 1. The average Bonchev–Trinajstić information content (AvgIpc) is 2.98. The number of carbonyl (C=O) groups excluding carboxylic acids is 2. The summed E-state index contributed by atoms with van der Waals surface area (Å²) in [5.41, 5.74) is 1.40. The zero-order valence-electron chi connectivity index (χ0n) is 15.0. The summed E-state index contributed by atoms with van der Waals surface area (Å²) in [4.78, 5) is 36.0. The van der Waals surface area contributed by atoms with Gasteiger partial charge in [0.15, 0.2) is 11.7 Å². The molecule has 0 aromatic heterocycles. The van der Waals surface area contributed by atoms with Crippen molar-refractivity contribution in [1.82, 2.24) is 0 Å². The number of nitrogens with zero attached hydrogens (tertiary/aromatic N) is 1. The average molecular weight is 398 g/mol. The predicted octanol–water partition coefficient (Wildman–Crippen LogP) is 3.87. The molecule has 2 aromatic carbocycles. The quantitative estimate of drug-likeness (QED) is 0.259. The molecule has 1 N–H and O–H groups in total. The molecule has 2 unspecified atom stereocenters. The summed E-state index contributed by atoms with van der Waals surface area (Å²) < 4.78 is 5.08. The van der Waals surface area contributed by atoms with Crippen LogP contribution in [-0.2, 0) is 14.3 Å². The second-order valence-corrected chi connectivity index (χ2v) is 7.18. The summed E-state index contributed by atoms with van der Waals surface area (Å²) in [7, 11) is 0. The molecule has 0 saturated carbocycles. The molecule has 3 rings (SSSR count). The van der Waals surface area contributed by atoms with E-state index >= 15 is 0 Å². The smallest absolute Gasteiger partial charge is 0.319 e. The summed E-state index contributed by atoms with van der Waals surface area (Å²) in [6.07, 6.45) is 1.75. The monoisotopic (exact) mass is 398 g/mol. The molecule has 2 aromatic rings. The minimum atomic E-state index is -0.991. The van der Waals surface area contributed by atoms with Gasteiger partial charge < -0.3 is 10.1 Å². The van der Waals surface area contributed by atoms with Crippen LogP contribution in [0, 0.1) is 16.0 Å². The second kappa shape index (κ2) is 8.71. The number of thioether (sulfide) groups is 1. The van der Waals surface area contributed by atoms with Crippen molar-refractivity contribution in [1.29, 1.82) is 0 Å². The number of benzene rings is 2. The molecule has 0 amide bonds. The van der Waals surface area contributed by atoms with Crippen LogP contribution in [0.4, 0.5) is 11.4 Å². The van der Waals surface area contributed by atoms with Crippen LogP contribution < -0.4 is 5.32 Å². The third kappa shape index (κ3) is 4.40. The first-order valence-electron chi connectivity index (χ1n) is 8.65. The van der Waals surface area contributed by atoms with E-state index in [-0.39, 0.29) is 18.1 Å². The van der Waals surface area contributed by atoms with Crippen LogP contribution >= 0.6 is 11.8 Å². The molecule has 1 saturated heterocycles. The number of hydrogen-bond donors (Lipinski definition) is 1. The van der Waals surface area contributed by atoms with E-state index in [4.69, 9.17) is 4.74 Å². The molecule has 0 radical (unpaired) electrons. The van der Waals surface area contributed by atoms with Gasteiger partial charge in [-0.15, -0.1) is 0 Å². The predicted molar refractivity (Wildman–Crippen MR) is 108 cm³/mol. The number of non-ortho nitro benzene ring substituents is 1. The number of carbonyl (C=O) groups is 2. The van der Waals surface area contributed by atoms with Gasteiger partial charge in [-0.3, -0.25) is 19.7 Å². The summed E-state index contributed by atoms with van der Waals surface area (Å²) in [5, 5.41) is 13.4. The Morgan fingerprint density at radius 1 is 1.21 bits per heavy atom. The van der Waals surface area contributed by atoms with Gasteiger partial charge in [0.1, 0.15) is 0 Å². The van der Waals surface area contributed by atoms with E-state index in [2.05, 4.69) is 5.32 Å². The maximum atomic E-state index is 12.9. The van der Waals surface area contributed by atoms with E-state index < -0.39 is 22.2 Å². The number of hydrogen-bond acceptors (Lipinski definition) is 7. The minimum Gasteiger partial charge on any atom is -0.465 e. The number of Topliss-reactive ketones (excluding diaryl/α,β-unsaturated/α-hetero) is 1. The summed E-state index contributed by atoms with van der Waals surface area (Å²) in [6, 6.07) is 15.2. The van der Waals surface area contributed by atoms with E-state index in [1.807, 2.05) is 30.3 Å². The molecule has 1 aliphatic heterocycles. The highest BCUT2D eigenvalue weighted by molar-refractivity contribution is 8.05. The third-order valence-electron chi connectivity index (χ3n) is 4.11. The number of ketones is 1. The van der Waals surface area contributed by atoms with Gasteiger partial charge in [-0.1, -0.05) is 42.1 Å².